The Labute approximate surface area is 111 Å². The highest BCUT2D eigenvalue weighted by Gasteiger charge is 2.21. The molecule has 3 nitrogen and oxygen atoms in total. The summed E-state index contributed by atoms with van der Waals surface area (Å²) in [7, 11) is 0. The Hall–Kier alpha value is -1.55. The Morgan fingerprint density at radius 3 is 3.22 bits per heavy atom. The number of aromatic nitrogens is 1. The topological polar surface area (TPSA) is 50.9 Å². The lowest BCUT2D eigenvalue weighted by molar-refractivity contribution is 0.607. The second-order valence-corrected chi connectivity index (χ2v) is 5.82. The maximum atomic E-state index is 5.92. The van der Waals surface area contributed by atoms with Gasteiger partial charge in [0.25, 0.3) is 0 Å². The minimum absolute atomic E-state index is 0.384. The minimum Gasteiger partial charge on any atom is -0.398 e. The molecule has 0 amide bonds. The number of anilines is 2. The lowest BCUT2D eigenvalue weighted by Crippen LogP contribution is -2.16. The molecule has 0 saturated heterocycles. The van der Waals surface area contributed by atoms with Crippen molar-refractivity contribution in [3.8, 4) is 0 Å². The van der Waals surface area contributed by atoms with Gasteiger partial charge in [-0.3, -0.25) is 0 Å². The average molecular weight is 259 g/mol. The van der Waals surface area contributed by atoms with Gasteiger partial charge < -0.3 is 11.1 Å². The highest BCUT2D eigenvalue weighted by atomic mass is 32.1. The number of thiophene rings is 1. The zero-order valence-corrected chi connectivity index (χ0v) is 11.3. The zero-order valence-electron chi connectivity index (χ0n) is 10.4. The van der Waals surface area contributed by atoms with E-state index in [9.17, 15) is 0 Å². The van der Waals surface area contributed by atoms with Crippen LogP contribution in [0.1, 0.15) is 34.9 Å². The summed E-state index contributed by atoms with van der Waals surface area (Å²) >= 11 is 1.86. The Balaban J connectivity index is 1.84. The summed E-state index contributed by atoms with van der Waals surface area (Å²) in [6, 6.07) is 4.54. The standard InChI is InChI=1S/C14H17N3S/c1-9-8-16-14(7-11(9)15)17-12-3-2-4-13-10(12)5-6-18-13/h5-8,12H,2-4H2,1H3,(H3,15,16,17). The Morgan fingerprint density at radius 2 is 2.39 bits per heavy atom. The summed E-state index contributed by atoms with van der Waals surface area (Å²) in [6.45, 7) is 1.98. The van der Waals surface area contributed by atoms with E-state index >= 15 is 0 Å². The number of fused-ring (bicyclic) bond motifs is 1. The number of nitrogens with one attached hydrogen (secondary N) is 1. The maximum Gasteiger partial charge on any atom is 0.128 e. The van der Waals surface area contributed by atoms with E-state index < -0.39 is 0 Å². The van der Waals surface area contributed by atoms with Gasteiger partial charge >= 0.3 is 0 Å². The quantitative estimate of drug-likeness (QED) is 0.867. The lowest BCUT2D eigenvalue weighted by atomic mass is 9.94. The van der Waals surface area contributed by atoms with Gasteiger partial charge in [0, 0.05) is 22.8 Å². The minimum atomic E-state index is 0.384. The molecule has 2 aromatic heterocycles. The molecule has 0 radical (unpaired) electrons. The predicted molar refractivity (Wildman–Crippen MR) is 77.0 cm³/mol. The van der Waals surface area contributed by atoms with Crippen molar-refractivity contribution < 1.29 is 0 Å². The fraction of sp³-hybridized carbons (Fsp3) is 0.357. The van der Waals surface area contributed by atoms with Gasteiger partial charge in [0.15, 0.2) is 0 Å². The number of nitrogen functional groups attached to an aromatic ring is 1. The molecule has 4 heteroatoms. The summed E-state index contributed by atoms with van der Waals surface area (Å²) in [5, 5.41) is 5.69. The van der Waals surface area contributed by atoms with Crippen molar-refractivity contribution in [3.63, 3.8) is 0 Å². The first-order chi connectivity index (χ1) is 8.74. The highest BCUT2D eigenvalue weighted by Crippen LogP contribution is 2.35. The molecule has 2 heterocycles. The average Bonchev–Trinajstić information content (AvgIpc) is 2.83. The third-order valence-electron chi connectivity index (χ3n) is 3.52. The number of pyridine rings is 1. The molecule has 2 aromatic rings. The lowest BCUT2D eigenvalue weighted by Gasteiger charge is -2.24. The zero-order chi connectivity index (χ0) is 12.5. The Kier molecular flexibility index (Phi) is 2.96. The fourth-order valence-electron chi connectivity index (χ4n) is 2.43. The number of hydrogen-bond donors (Lipinski definition) is 2. The van der Waals surface area contributed by atoms with Gasteiger partial charge in [-0.05, 0) is 48.8 Å². The molecule has 94 valence electrons. The van der Waals surface area contributed by atoms with Crippen LogP contribution in [0, 0.1) is 6.92 Å². The van der Waals surface area contributed by atoms with E-state index in [-0.39, 0.29) is 0 Å². The number of aryl methyl sites for hydroxylation is 2. The van der Waals surface area contributed by atoms with Crippen LogP contribution in [-0.4, -0.2) is 4.98 Å². The largest absolute Gasteiger partial charge is 0.398 e. The Morgan fingerprint density at radius 1 is 1.50 bits per heavy atom. The molecular formula is C14H17N3S. The third-order valence-corrected chi connectivity index (χ3v) is 4.52. The first-order valence-corrected chi connectivity index (χ1v) is 7.17. The van der Waals surface area contributed by atoms with Gasteiger partial charge in [-0.2, -0.15) is 0 Å². The van der Waals surface area contributed by atoms with Crippen molar-refractivity contribution in [2.24, 2.45) is 0 Å². The van der Waals surface area contributed by atoms with Crippen LogP contribution in [0.25, 0.3) is 0 Å². The molecule has 1 atom stereocenters. The van der Waals surface area contributed by atoms with Crippen LogP contribution in [0.2, 0.25) is 0 Å². The summed E-state index contributed by atoms with van der Waals surface area (Å²) in [5.41, 5.74) is 9.19. The number of rotatable bonds is 2. The van der Waals surface area contributed by atoms with Crippen molar-refractivity contribution in [2.75, 3.05) is 11.1 Å². The van der Waals surface area contributed by atoms with Crippen LogP contribution in [0.5, 0.6) is 0 Å². The van der Waals surface area contributed by atoms with Gasteiger partial charge in [0.1, 0.15) is 5.82 Å². The maximum absolute atomic E-state index is 5.92. The molecule has 1 aliphatic rings. The monoisotopic (exact) mass is 259 g/mol. The molecule has 0 spiro atoms. The Bertz CT molecular complexity index is 562. The third kappa shape index (κ3) is 2.08. The summed E-state index contributed by atoms with van der Waals surface area (Å²) in [4.78, 5) is 5.92. The summed E-state index contributed by atoms with van der Waals surface area (Å²) in [6.07, 6.45) is 5.45. The predicted octanol–water partition coefficient (Wildman–Crippen LogP) is 3.52. The van der Waals surface area contributed by atoms with Crippen LogP contribution < -0.4 is 11.1 Å². The molecule has 0 aliphatic heterocycles. The van der Waals surface area contributed by atoms with Crippen LogP contribution in [0.3, 0.4) is 0 Å². The van der Waals surface area contributed by atoms with E-state index in [1.165, 1.54) is 29.7 Å². The van der Waals surface area contributed by atoms with E-state index in [1.807, 2.05) is 30.5 Å². The van der Waals surface area contributed by atoms with Crippen molar-refractivity contribution in [1.82, 2.24) is 4.98 Å². The molecule has 1 unspecified atom stereocenters. The first kappa shape index (κ1) is 11.5. The highest BCUT2D eigenvalue weighted by molar-refractivity contribution is 7.10. The van der Waals surface area contributed by atoms with Crippen molar-refractivity contribution in [3.05, 3.63) is 39.7 Å². The van der Waals surface area contributed by atoms with Crippen LogP contribution in [0.15, 0.2) is 23.7 Å². The van der Waals surface area contributed by atoms with E-state index in [4.69, 9.17) is 5.73 Å². The van der Waals surface area contributed by atoms with Gasteiger partial charge in [-0.25, -0.2) is 4.98 Å². The summed E-state index contributed by atoms with van der Waals surface area (Å²) in [5.74, 6) is 0.877. The second-order valence-electron chi connectivity index (χ2n) is 4.81. The molecule has 3 rings (SSSR count). The molecule has 0 bridgehead atoms. The van der Waals surface area contributed by atoms with Gasteiger partial charge in [-0.1, -0.05) is 0 Å². The van der Waals surface area contributed by atoms with E-state index in [1.54, 1.807) is 0 Å². The van der Waals surface area contributed by atoms with Gasteiger partial charge in [-0.15, -0.1) is 11.3 Å². The summed E-state index contributed by atoms with van der Waals surface area (Å²) < 4.78 is 0. The van der Waals surface area contributed by atoms with Gasteiger partial charge in [0.05, 0.1) is 6.04 Å². The van der Waals surface area contributed by atoms with Gasteiger partial charge in [0.2, 0.25) is 0 Å². The number of hydrogen-bond acceptors (Lipinski definition) is 4. The molecule has 0 fully saturated rings. The van der Waals surface area contributed by atoms with Crippen LogP contribution in [-0.2, 0) is 6.42 Å². The molecule has 0 aromatic carbocycles. The molecule has 0 saturated carbocycles. The van der Waals surface area contributed by atoms with Crippen LogP contribution >= 0.6 is 11.3 Å². The fourth-order valence-corrected chi connectivity index (χ4v) is 3.42. The normalized spacial score (nSPS) is 18.4. The number of nitrogens with zero attached hydrogens (tertiary/aromatic N) is 1. The van der Waals surface area contributed by atoms with E-state index in [0.29, 0.717) is 6.04 Å². The molecule has 18 heavy (non-hydrogen) atoms. The van der Waals surface area contributed by atoms with Crippen molar-refractivity contribution >= 4 is 22.8 Å². The molecule has 3 N–H and O–H groups in total. The van der Waals surface area contributed by atoms with Crippen molar-refractivity contribution in [1.29, 1.82) is 0 Å². The van der Waals surface area contributed by atoms with E-state index in [2.05, 4.69) is 21.7 Å². The second kappa shape index (κ2) is 4.61. The van der Waals surface area contributed by atoms with E-state index in [0.717, 1.165) is 17.1 Å². The first-order valence-electron chi connectivity index (χ1n) is 6.29. The van der Waals surface area contributed by atoms with Crippen molar-refractivity contribution in [2.45, 2.75) is 32.2 Å². The smallest absolute Gasteiger partial charge is 0.128 e. The SMILES string of the molecule is Cc1cnc(NC2CCCc3sccc32)cc1N. The molecular weight excluding hydrogens is 242 g/mol. The number of nitrogens with two attached hydrogens (primary N) is 1. The van der Waals surface area contributed by atoms with Crippen LogP contribution in [0.4, 0.5) is 11.5 Å². The molecule has 1 aliphatic carbocycles.